The Morgan fingerprint density at radius 3 is 2.56 bits per heavy atom. The van der Waals surface area contributed by atoms with Gasteiger partial charge in [-0.2, -0.15) is 0 Å². The van der Waals surface area contributed by atoms with Crippen molar-refractivity contribution in [3.05, 3.63) is 28.2 Å². The standard InChI is InChI=1S/C12H17BrN2O/c1-12(2,3)7-15-11(16)8-4-5-10(14)9(13)6-8/h4-6H,7,14H2,1-3H3,(H,15,16). The summed E-state index contributed by atoms with van der Waals surface area (Å²) in [5.41, 5.74) is 6.99. The third-order valence-corrected chi connectivity index (χ3v) is 2.73. The highest BCUT2D eigenvalue weighted by Gasteiger charge is 2.13. The van der Waals surface area contributed by atoms with E-state index in [0.29, 0.717) is 17.8 Å². The van der Waals surface area contributed by atoms with Crippen molar-refractivity contribution in [1.82, 2.24) is 5.32 Å². The van der Waals surface area contributed by atoms with Gasteiger partial charge in [-0.3, -0.25) is 4.79 Å². The Hall–Kier alpha value is -1.03. The molecular formula is C12H17BrN2O. The molecule has 0 radical (unpaired) electrons. The van der Waals surface area contributed by atoms with Gasteiger partial charge in [-0.1, -0.05) is 20.8 Å². The lowest BCUT2D eigenvalue weighted by Gasteiger charge is -2.18. The Labute approximate surface area is 105 Å². The average molecular weight is 285 g/mol. The second-order valence-electron chi connectivity index (χ2n) is 4.98. The minimum absolute atomic E-state index is 0.0735. The van der Waals surface area contributed by atoms with Gasteiger partial charge in [-0.15, -0.1) is 0 Å². The van der Waals surface area contributed by atoms with Crippen LogP contribution in [-0.2, 0) is 0 Å². The van der Waals surface area contributed by atoms with Crippen LogP contribution in [0.3, 0.4) is 0 Å². The van der Waals surface area contributed by atoms with Gasteiger partial charge in [-0.05, 0) is 39.5 Å². The van der Waals surface area contributed by atoms with Crippen LogP contribution < -0.4 is 11.1 Å². The van der Waals surface area contributed by atoms with Gasteiger partial charge in [0, 0.05) is 22.3 Å². The topological polar surface area (TPSA) is 55.1 Å². The molecule has 1 rings (SSSR count). The third kappa shape index (κ3) is 3.85. The molecular weight excluding hydrogens is 268 g/mol. The monoisotopic (exact) mass is 284 g/mol. The molecule has 0 aliphatic heterocycles. The number of amides is 1. The van der Waals surface area contributed by atoms with E-state index in [1.165, 1.54) is 0 Å². The molecule has 0 spiro atoms. The molecule has 16 heavy (non-hydrogen) atoms. The van der Waals surface area contributed by atoms with Crippen LogP contribution in [0.2, 0.25) is 0 Å². The molecule has 0 aromatic heterocycles. The molecule has 0 aliphatic rings. The number of carbonyl (C=O) groups is 1. The first-order valence-corrected chi connectivity index (χ1v) is 5.92. The summed E-state index contributed by atoms with van der Waals surface area (Å²) in [6.45, 7) is 6.87. The predicted octanol–water partition coefficient (Wildman–Crippen LogP) is 2.81. The maximum absolute atomic E-state index is 11.8. The van der Waals surface area contributed by atoms with Crippen molar-refractivity contribution in [3.63, 3.8) is 0 Å². The summed E-state index contributed by atoms with van der Waals surface area (Å²) < 4.78 is 0.746. The lowest BCUT2D eigenvalue weighted by molar-refractivity contribution is 0.0939. The number of nitrogens with one attached hydrogen (secondary N) is 1. The van der Waals surface area contributed by atoms with Crippen molar-refractivity contribution in [2.24, 2.45) is 5.41 Å². The minimum Gasteiger partial charge on any atom is -0.398 e. The number of benzene rings is 1. The Kier molecular flexibility index (Phi) is 3.97. The van der Waals surface area contributed by atoms with E-state index in [0.717, 1.165) is 4.47 Å². The molecule has 4 heteroatoms. The molecule has 0 unspecified atom stereocenters. The van der Waals surface area contributed by atoms with Crippen molar-refractivity contribution >= 4 is 27.5 Å². The van der Waals surface area contributed by atoms with E-state index in [9.17, 15) is 4.79 Å². The summed E-state index contributed by atoms with van der Waals surface area (Å²) in [5, 5.41) is 2.88. The molecule has 0 fully saturated rings. The van der Waals surface area contributed by atoms with Crippen LogP contribution in [0.25, 0.3) is 0 Å². The summed E-state index contributed by atoms with van der Waals surface area (Å²) in [6.07, 6.45) is 0. The summed E-state index contributed by atoms with van der Waals surface area (Å²) in [7, 11) is 0. The quantitative estimate of drug-likeness (QED) is 0.821. The molecule has 88 valence electrons. The Balaban J connectivity index is 2.70. The van der Waals surface area contributed by atoms with Crippen LogP contribution in [0, 0.1) is 5.41 Å². The molecule has 0 aliphatic carbocycles. The first-order valence-electron chi connectivity index (χ1n) is 5.13. The number of nitrogen functional groups attached to an aromatic ring is 1. The van der Waals surface area contributed by atoms with Crippen LogP contribution in [0.15, 0.2) is 22.7 Å². The molecule has 1 aromatic rings. The van der Waals surface area contributed by atoms with E-state index in [1.807, 2.05) is 0 Å². The number of anilines is 1. The zero-order valence-corrected chi connectivity index (χ0v) is 11.4. The maximum Gasteiger partial charge on any atom is 0.251 e. The fourth-order valence-corrected chi connectivity index (χ4v) is 1.49. The second-order valence-corrected chi connectivity index (χ2v) is 5.83. The zero-order valence-electron chi connectivity index (χ0n) is 9.80. The highest BCUT2D eigenvalue weighted by molar-refractivity contribution is 9.10. The van der Waals surface area contributed by atoms with Crippen LogP contribution >= 0.6 is 15.9 Å². The van der Waals surface area contributed by atoms with Crippen molar-refractivity contribution in [2.75, 3.05) is 12.3 Å². The van der Waals surface area contributed by atoms with E-state index >= 15 is 0 Å². The van der Waals surface area contributed by atoms with E-state index in [-0.39, 0.29) is 11.3 Å². The summed E-state index contributed by atoms with van der Waals surface area (Å²) in [6, 6.07) is 5.17. The number of rotatable bonds is 2. The van der Waals surface area contributed by atoms with E-state index in [4.69, 9.17) is 5.73 Å². The minimum atomic E-state index is -0.0735. The van der Waals surface area contributed by atoms with Crippen LogP contribution in [0.1, 0.15) is 31.1 Å². The fourth-order valence-electron chi connectivity index (χ4n) is 1.12. The van der Waals surface area contributed by atoms with E-state index < -0.39 is 0 Å². The number of hydrogen-bond donors (Lipinski definition) is 2. The molecule has 3 nitrogen and oxygen atoms in total. The first kappa shape index (κ1) is 13.0. The Morgan fingerprint density at radius 1 is 1.44 bits per heavy atom. The smallest absolute Gasteiger partial charge is 0.251 e. The molecule has 0 saturated heterocycles. The summed E-state index contributed by atoms with van der Waals surface area (Å²) in [4.78, 5) is 11.8. The van der Waals surface area contributed by atoms with Gasteiger partial charge in [0.15, 0.2) is 0 Å². The third-order valence-electron chi connectivity index (χ3n) is 2.04. The van der Waals surface area contributed by atoms with Crippen LogP contribution in [0.5, 0.6) is 0 Å². The summed E-state index contributed by atoms with van der Waals surface area (Å²) >= 11 is 3.30. The van der Waals surface area contributed by atoms with Gasteiger partial charge >= 0.3 is 0 Å². The zero-order chi connectivity index (χ0) is 12.3. The first-order chi connectivity index (χ1) is 7.29. The van der Waals surface area contributed by atoms with Gasteiger partial charge < -0.3 is 11.1 Å². The summed E-state index contributed by atoms with van der Waals surface area (Å²) in [5.74, 6) is -0.0735. The van der Waals surface area contributed by atoms with E-state index in [2.05, 4.69) is 42.0 Å². The highest BCUT2D eigenvalue weighted by Crippen LogP contribution is 2.20. The Bertz CT molecular complexity index is 396. The number of nitrogens with two attached hydrogens (primary N) is 1. The van der Waals surface area contributed by atoms with Crippen molar-refractivity contribution in [1.29, 1.82) is 0 Å². The number of halogens is 1. The molecule has 1 aromatic carbocycles. The SMILES string of the molecule is CC(C)(C)CNC(=O)c1ccc(N)c(Br)c1. The molecule has 0 heterocycles. The van der Waals surface area contributed by atoms with Gasteiger partial charge in [-0.25, -0.2) is 0 Å². The molecule has 3 N–H and O–H groups in total. The second kappa shape index (κ2) is 4.87. The maximum atomic E-state index is 11.8. The largest absolute Gasteiger partial charge is 0.398 e. The van der Waals surface area contributed by atoms with Gasteiger partial charge in [0.1, 0.15) is 0 Å². The van der Waals surface area contributed by atoms with Crippen LogP contribution in [-0.4, -0.2) is 12.5 Å². The van der Waals surface area contributed by atoms with Crippen molar-refractivity contribution in [2.45, 2.75) is 20.8 Å². The molecule has 0 saturated carbocycles. The van der Waals surface area contributed by atoms with E-state index in [1.54, 1.807) is 18.2 Å². The van der Waals surface area contributed by atoms with Crippen LogP contribution in [0.4, 0.5) is 5.69 Å². The van der Waals surface area contributed by atoms with Crippen molar-refractivity contribution < 1.29 is 4.79 Å². The van der Waals surface area contributed by atoms with Gasteiger partial charge in [0.05, 0.1) is 0 Å². The molecule has 0 atom stereocenters. The Morgan fingerprint density at radius 2 is 2.06 bits per heavy atom. The van der Waals surface area contributed by atoms with Crippen molar-refractivity contribution in [3.8, 4) is 0 Å². The predicted molar refractivity (Wildman–Crippen MR) is 70.3 cm³/mol. The number of hydrogen-bond acceptors (Lipinski definition) is 2. The van der Waals surface area contributed by atoms with Gasteiger partial charge in [0.25, 0.3) is 5.91 Å². The normalized spacial score (nSPS) is 11.2. The fraction of sp³-hybridized carbons (Fsp3) is 0.417. The molecule has 1 amide bonds. The number of carbonyl (C=O) groups excluding carboxylic acids is 1. The lowest BCUT2D eigenvalue weighted by atomic mass is 9.97. The highest BCUT2D eigenvalue weighted by atomic mass is 79.9. The average Bonchev–Trinajstić information content (AvgIpc) is 2.17. The molecule has 0 bridgehead atoms. The van der Waals surface area contributed by atoms with Gasteiger partial charge in [0.2, 0.25) is 0 Å². The lowest BCUT2D eigenvalue weighted by Crippen LogP contribution is -2.32.